The van der Waals surface area contributed by atoms with Crippen molar-refractivity contribution in [2.45, 2.75) is 20.8 Å². The molecule has 0 aromatic heterocycles. The summed E-state index contributed by atoms with van der Waals surface area (Å²) in [5.41, 5.74) is 3.44. The summed E-state index contributed by atoms with van der Waals surface area (Å²) < 4.78 is 0. The Morgan fingerprint density at radius 1 is 1.21 bits per heavy atom. The molecule has 0 saturated carbocycles. The van der Waals surface area contributed by atoms with Gasteiger partial charge in [0.05, 0.1) is 5.70 Å². The molecular weight excluding hydrogens is 172 g/mol. The third kappa shape index (κ3) is 2.73. The Bertz CT molecular complexity index is 308. The molecule has 0 fully saturated rings. The van der Waals surface area contributed by atoms with Crippen molar-refractivity contribution >= 4 is 6.72 Å². The molecule has 2 heteroatoms. The minimum Gasteiger partial charge on any atom is -0.239 e. The first-order valence-electron chi connectivity index (χ1n) is 4.39. The van der Waals surface area contributed by atoms with Crippen molar-refractivity contribution in [1.29, 1.82) is 0 Å². The van der Waals surface area contributed by atoms with E-state index in [9.17, 15) is 0 Å². The van der Waals surface area contributed by atoms with Gasteiger partial charge in [0.1, 0.15) is 0 Å². The summed E-state index contributed by atoms with van der Waals surface area (Å²) in [4.78, 5) is 0. The van der Waals surface area contributed by atoms with Crippen LogP contribution in [0.2, 0.25) is 0 Å². The zero-order chi connectivity index (χ0) is 11.3. The fourth-order valence-electron chi connectivity index (χ4n) is 1.05. The van der Waals surface area contributed by atoms with Crippen molar-refractivity contribution in [2.75, 3.05) is 0 Å². The highest BCUT2D eigenvalue weighted by Crippen LogP contribution is 2.22. The van der Waals surface area contributed by atoms with E-state index < -0.39 is 0 Å². The molecule has 0 rings (SSSR count). The molecule has 0 bridgehead atoms. The molecule has 0 saturated heterocycles. The predicted molar refractivity (Wildman–Crippen MR) is 63.9 cm³/mol. The van der Waals surface area contributed by atoms with Gasteiger partial charge in [-0.25, -0.2) is 5.01 Å². The zero-order valence-corrected chi connectivity index (χ0v) is 9.30. The van der Waals surface area contributed by atoms with Crippen LogP contribution < -0.4 is 0 Å². The van der Waals surface area contributed by atoms with Crippen molar-refractivity contribution in [3.8, 4) is 0 Å². The van der Waals surface area contributed by atoms with Crippen molar-refractivity contribution in [2.24, 2.45) is 5.10 Å². The molecule has 0 aliphatic rings. The molecule has 2 nitrogen and oxygen atoms in total. The molecule has 0 aliphatic heterocycles. The number of allylic oxidation sites excluding steroid dienone is 3. The summed E-state index contributed by atoms with van der Waals surface area (Å²) in [5, 5.41) is 5.53. The van der Waals surface area contributed by atoms with Crippen LogP contribution >= 0.6 is 0 Å². The lowest BCUT2D eigenvalue weighted by molar-refractivity contribution is 0.470. The van der Waals surface area contributed by atoms with Gasteiger partial charge in [0, 0.05) is 12.4 Å². The van der Waals surface area contributed by atoms with E-state index in [0.29, 0.717) is 0 Å². The molecule has 0 N–H and O–H groups in total. The fourth-order valence-corrected chi connectivity index (χ4v) is 1.05. The Balaban J connectivity index is 5.08. The van der Waals surface area contributed by atoms with Crippen LogP contribution in [0.15, 0.2) is 53.5 Å². The maximum atomic E-state index is 3.94. The molecule has 0 radical (unpaired) electrons. The van der Waals surface area contributed by atoms with Crippen LogP contribution in [0.4, 0.5) is 0 Å². The third-order valence-electron chi connectivity index (χ3n) is 1.83. The number of rotatable bonds is 5. The highest BCUT2D eigenvalue weighted by atomic mass is 15.5. The summed E-state index contributed by atoms with van der Waals surface area (Å²) in [7, 11) is 0. The quantitative estimate of drug-likeness (QED) is 0.368. The molecule has 0 aromatic carbocycles. The van der Waals surface area contributed by atoms with Gasteiger partial charge in [-0.1, -0.05) is 25.8 Å². The Morgan fingerprint density at radius 2 is 1.71 bits per heavy atom. The minimum absolute atomic E-state index is 0.801. The molecule has 0 aromatic rings. The normalized spacial score (nSPS) is 10.6. The Kier molecular flexibility index (Phi) is 4.64. The lowest BCUT2D eigenvalue weighted by Gasteiger charge is -2.23. The van der Waals surface area contributed by atoms with Crippen LogP contribution in [-0.4, -0.2) is 11.7 Å². The second-order valence-corrected chi connectivity index (χ2v) is 3.12. The number of hydrogen-bond acceptors (Lipinski definition) is 2. The fraction of sp³-hybridized carbons (Fsp3) is 0.250. The smallest absolute Gasteiger partial charge is 0.0674 e. The number of nitrogens with zero attached hydrogens (tertiary/aromatic N) is 2. The lowest BCUT2D eigenvalue weighted by atomic mass is 10.1. The van der Waals surface area contributed by atoms with Gasteiger partial charge in [-0.05, 0) is 31.9 Å². The molecule has 0 aliphatic carbocycles. The van der Waals surface area contributed by atoms with Gasteiger partial charge in [-0.15, -0.1) is 0 Å². The van der Waals surface area contributed by atoms with Gasteiger partial charge in [0.15, 0.2) is 0 Å². The van der Waals surface area contributed by atoms with Gasteiger partial charge in [0.2, 0.25) is 0 Å². The van der Waals surface area contributed by atoms with Gasteiger partial charge < -0.3 is 0 Å². The molecule has 0 spiro atoms. The number of hydrogen-bond donors (Lipinski definition) is 0. The van der Waals surface area contributed by atoms with Crippen molar-refractivity contribution < 1.29 is 0 Å². The summed E-state index contributed by atoms with van der Waals surface area (Å²) in [5.74, 6) is 0. The predicted octanol–water partition coefficient (Wildman–Crippen LogP) is 3.47. The maximum absolute atomic E-state index is 3.94. The van der Waals surface area contributed by atoms with E-state index in [1.54, 1.807) is 5.01 Å². The van der Waals surface area contributed by atoms with Crippen molar-refractivity contribution in [3.63, 3.8) is 0 Å². The van der Waals surface area contributed by atoms with E-state index in [0.717, 1.165) is 22.5 Å². The molecule has 0 heterocycles. The molecule has 14 heavy (non-hydrogen) atoms. The van der Waals surface area contributed by atoms with Crippen LogP contribution in [0.5, 0.6) is 0 Å². The minimum atomic E-state index is 0.801. The first-order valence-corrected chi connectivity index (χ1v) is 4.39. The highest BCUT2D eigenvalue weighted by molar-refractivity contribution is 5.43. The van der Waals surface area contributed by atoms with Crippen LogP contribution in [0, 0.1) is 0 Å². The Morgan fingerprint density at radius 3 is 1.93 bits per heavy atom. The van der Waals surface area contributed by atoms with Crippen molar-refractivity contribution in [3.05, 3.63) is 48.4 Å². The van der Waals surface area contributed by atoms with Gasteiger partial charge >= 0.3 is 0 Å². The first kappa shape index (κ1) is 12.4. The highest BCUT2D eigenvalue weighted by Gasteiger charge is 2.11. The summed E-state index contributed by atoms with van der Waals surface area (Å²) in [6.07, 6.45) is 1.92. The summed E-state index contributed by atoms with van der Waals surface area (Å²) in [6.45, 7) is 20.8. The van der Waals surface area contributed by atoms with Crippen LogP contribution in [0.3, 0.4) is 0 Å². The average molecular weight is 190 g/mol. The Labute approximate surface area is 86.6 Å². The first-order chi connectivity index (χ1) is 6.45. The maximum Gasteiger partial charge on any atom is 0.0674 e. The van der Waals surface area contributed by atoms with E-state index >= 15 is 0 Å². The number of hydrazone groups is 1. The van der Waals surface area contributed by atoms with E-state index in [2.05, 4.69) is 31.6 Å². The topological polar surface area (TPSA) is 15.6 Å². The molecule has 0 atom stereocenters. The van der Waals surface area contributed by atoms with E-state index in [1.165, 1.54) is 0 Å². The van der Waals surface area contributed by atoms with Crippen LogP contribution in [-0.2, 0) is 0 Å². The van der Waals surface area contributed by atoms with Crippen LogP contribution in [0.1, 0.15) is 20.8 Å². The molecule has 76 valence electrons. The van der Waals surface area contributed by atoms with Crippen LogP contribution in [0.25, 0.3) is 0 Å². The monoisotopic (exact) mass is 190 g/mol. The van der Waals surface area contributed by atoms with Gasteiger partial charge in [-0.3, -0.25) is 0 Å². The molecular formula is C12H18N2. The lowest BCUT2D eigenvalue weighted by Crippen LogP contribution is -2.15. The summed E-state index contributed by atoms with van der Waals surface area (Å²) in [6, 6.07) is 0. The zero-order valence-electron chi connectivity index (χ0n) is 9.30. The second-order valence-electron chi connectivity index (χ2n) is 3.12. The van der Waals surface area contributed by atoms with Gasteiger partial charge in [0.25, 0.3) is 0 Å². The SMILES string of the molecule is C=NN(C(=C)C)/C(=C\C)C(=C)C(=C)C. The summed E-state index contributed by atoms with van der Waals surface area (Å²) >= 11 is 0. The Hall–Kier alpha value is -1.57. The third-order valence-corrected chi connectivity index (χ3v) is 1.83. The second kappa shape index (κ2) is 5.22. The van der Waals surface area contributed by atoms with Crippen molar-refractivity contribution in [1.82, 2.24) is 5.01 Å². The largest absolute Gasteiger partial charge is 0.239 e. The standard InChI is InChI=1S/C12H18N2/c1-8-12(11(6)9(2)3)14(13-7)10(4)5/h8H,2,4,6-7H2,1,3,5H3/b12-8-. The van der Waals surface area contributed by atoms with Gasteiger partial charge in [-0.2, -0.15) is 5.10 Å². The van der Waals surface area contributed by atoms with E-state index in [-0.39, 0.29) is 0 Å². The van der Waals surface area contributed by atoms with E-state index in [4.69, 9.17) is 0 Å². The average Bonchev–Trinajstić information content (AvgIpc) is 2.11. The molecule has 0 unspecified atom stereocenters. The molecule has 0 amide bonds. The van der Waals surface area contributed by atoms with E-state index in [1.807, 2.05) is 26.8 Å².